The normalized spacial score (nSPS) is 15.8. The Hall–Kier alpha value is -2.31. The summed E-state index contributed by atoms with van der Waals surface area (Å²) >= 11 is -3.03. The molecule has 0 heterocycles. The van der Waals surface area contributed by atoms with E-state index in [9.17, 15) is 0 Å². The Morgan fingerprint density at radius 3 is 1.18 bits per heavy atom. The molecule has 3 heteroatoms. The molecule has 4 aromatic rings. The summed E-state index contributed by atoms with van der Waals surface area (Å²) in [6.07, 6.45) is 6.51. The third-order valence-electron chi connectivity index (χ3n) is 11.9. The van der Waals surface area contributed by atoms with Crippen LogP contribution in [0.2, 0.25) is 0 Å². The summed E-state index contributed by atoms with van der Waals surface area (Å²) in [6, 6.07) is 33.8. The molecule has 56 heavy (non-hydrogen) atoms. The van der Waals surface area contributed by atoms with Crippen molar-refractivity contribution in [3.8, 4) is 11.1 Å². The van der Waals surface area contributed by atoms with Crippen LogP contribution in [-0.4, -0.2) is 3.21 Å². The van der Waals surface area contributed by atoms with Gasteiger partial charge in [-0.1, -0.05) is 0 Å². The van der Waals surface area contributed by atoms with Crippen LogP contribution in [0.15, 0.2) is 106 Å². The van der Waals surface area contributed by atoms with Gasteiger partial charge in [0.15, 0.2) is 0 Å². The van der Waals surface area contributed by atoms with E-state index in [1.807, 2.05) is 0 Å². The second-order valence-electron chi connectivity index (χ2n) is 21.4. The molecule has 1 unspecified atom stereocenters. The van der Waals surface area contributed by atoms with Crippen LogP contribution < -0.4 is 24.8 Å². The summed E-state index contributed by atoms with van der Waals surface area (Å²) in [6.45, 7) is 38.6. The molecule has 2 aliphatic rings. The molecule has 0 fully saturated rings. The van der Waals surface area contributed by atoms with Crippen LogP contribution in [0, 0.1) is 11.3 Å². The van der Waals surface area contributed by atoms with Crippen LogP contribution in [0.5, 0.6) is 0 Å². The quantitative estimate of drug-likeness (QED) is 0.189. The van der Waals surface area contributed by atoms with Gasteiger partial charge in [0.25, 0.3) is 0 Å². The van der Waals surface area contributed by atoms with Crippen molar-refractivity contribution in [1.29, 1.82) is 0 Å². The minimum atomic E-state index is -3.03. The fourth-order valence-corrected chi connectivity index (χ4v) is 18.7. The van der Waals surface area contributed by atoms with Crippen LogP contribution in [0.25, 0.3) is 11.1 Å². The van der Waals surface area contributed by atoms with E-state index in [1.165, 1.54) is 50.1 Å². The zero-order chi connectivity index (χ0) is 39.8. The van der Waals surface area contributed by atoms with Gasteiger partial charge in [0.05, 0.1) is 0 Å². The number of rotatable bonds is 5. The number of allylic oxidation sites excluding steroid dienone is 4. The Morgan fingerprint density at radius 2 is 0.857 bits per heavy atom. The van der Waals surface area contributed by atoms with E-state index < -0.39 is 21.3 Å². The minimum absolute atomic E-state index is 0. The zero-order valence-electron chi connectivity index (χ0n) is 37.4. The summed E-state index contributed by atoms with van der Waals surface area (Å²) in [5.41, 5.74) is 16.6. The van der Waals surface area contributed by atoms with Crippen molar-refractivity contribution in [2.45, 2.75) is 142 Å². The summed E-state index contributed by atoms with van der Waals surface area (Å²) in [5, 5.41) is 0. The summed E-state index contributed by atoms with van der Waals surface area (Å²) in [7, 11) is 0. The van der Waals surface area contributed by atoms with Gasteiger partial charge in [-0.25, -0.2) is 0 Å². The van der Waals surface area contributed by atoms with Gasteiger partial charge >= 0.3 is 340 Å². The molecule has 0 saturated carbocycles. The standard InChI is InChI=1S/C29H41.C13H10.C11H17.2ClH.Zr/c1-26(2,3)22-14-18-13-19-15-23(27(4,5)6)25(29(10,11)12)17-21(19)20(18)16-24(22)28(7,8)9;1-3-7-12(8-4-1)11-13-9-5-2-6-10-13;1-5-9-6-7-10(8-9)11(2,3)4;;;/h13-17H,1-12H3;1-10H;7-9H,5H2,1-4H3;2*1H;/q;;;;;+2/p-2. The molecule has 0 bridgehead atoms. The fourth-order valence-electron chi connectivity index (χ4n) is 8.99. The molecule has 0 nitrogen and oxygen atoms in total. The maximum Gasteiger partial charge on any atom is -1.00 e. The predicted molar refractivity (Wildman–Crippen MR) is 234 cm³/mol. The fraction of sp³-hybridized carbons (Fsp3) is 0.453. The van der Waals surface area contributed by atoms with Crippen molar-refractivity contribution in [2.75, 3.05) is 0 Å². The SMILES string of the molecule is CCC1C=C(C(C)(C)C)C=[C]1[Zr+2](=[C](c1ccccc1)c1ccccc1)[CH]1c2cc(C(C)(C)C)c(C(C)(C)C)cc2-c2cc(C(C)(C)C)c(C(C)(C)C)cc21.[Cl-].[Cl-]. The topological polar surface area (TPSA) is 0 Å². The molecule has 1 atom stereocenters. The van der Waals surface area contributed by atoms with Crippen LogP contribution >= 0.6 is 0 Å². The van der Waals surface area contributed by atoms with E-state index in [1.54, 1.807) is 17.6 Å². The van der Waals surface area contributed by atoms with Crippen molar-refractivity contribution < 1.29 is 46.1 Å². The largest absolute Gasteiger partial charge is 1.00 e. The first kappa shape index (κ1) is 46.4. The average Bonchev–Trinajstić information content (AvgIpc) is 3.64. The molecule has 4 aromatic carbocycles. The zero-order valence-corrected chi connectivity index (χ0v) is 41.3. The van der Waals surface area contributed by atoms with E-state index in [4.69, 9.17) is 0 Å². The van der Waals surface area contributed by atoms with Crippen LogP contribution in [0.3, 0.4) is 0 Å². The molecule has 0 saturated heterocycles. The van der Waals surface area contributed by atoms with Crippen LogP contribution in [0.1, 0.15) is 165 Å². The smallest absolute Gasteiger partial charge is 1.00 e. The minimum Gasteiger partial charge on any atom is -1.00 e. The van der Waals surface area contributed by atoms with E-state index in [2.05, 4.69) is 208 Å². The van der Waals surface area contributed by atoms with Gasteiger partial charge in [0.2, 0.25) is 0 Å². The second kappa shape index (κ2) is 16.4. The van der Waals surface area contributed by atoms with Crippen molar-refractivity contribution in [1.82, 2.24) is 0 Å². The van der Waals surface area contributed by atoms with E-state index in [-0.39, 0.29) is 51.9 Å². The van der Waals surface area contributed by atoms with Crippen molar-refractivity contribution >= 4 is 3.21 Å². The Morgan fingerprint density at radius 1 is 0.500 bits per heavy atom. The number of hydrogen-bond acceptors (Lipinski definition) is 0. The Labute approximate surface area is 362 Å². The molecule has 0 spiro atoms. The number of halogens is 2. The molecule has 6 rings (SSSR count). The summed E-state index contributed by atoms with van der Waals surface area (Å²) in [5.74, 6) is 0.454. The first-order valence-electron chi connectivity index (χ1n) is 20.6. The van der Waals surface area contributed by atoms with Gasteiger partial charge in [-0.3, -0.25) is 0 Å². The van der Waals surface area contributed by atoms with E-state index in [0.717, 1.165) is 6.42 Å². The molecule has 0 N–H and O–H groups in total. The Kier molecular flexibility index (Phi) is 13.6. The van der Waals surface area contributed by atoms with Crippen molar-refractivity contribution in [2.24, 2.45) is 11.3 Å². The first-order valence-corrected chi connectivity index (χ1v) is 24.5. The number of benzene rings is 4. The van der Waals surface area contributed by atoms with Gasteiger partial charge in [0.1, 0.15) is 0 Å². The third kappa shape index (κ3) is 8.97. The molecule has 2 aliphatic carbocycles. The van der Waals surface area contributed by atoms with Gasteiger partial charge in [-0.2, -0.15) is 0 Å². The monoisotopic (exact) mass is 864 g/mol. The number of fused-ring (bicyclic) bond motifs is 3. The van der Waals surface area contributed by atoms with E-state index >= 15 is 0 Å². The van der Waals surface area contributed by atoms with Crippen molar-refractivity contribution in [3.05, 3.63) is 150 Å². The maximum absolute atomic E-state index is 3.03. The summed E-state index contributed by atoms with van der Waals surface area (Å²) < 4.78 is 3.72. The predicted octanol–water partition coefficient (Wildman–Crippen LogP) is 8.74. The summed E-state index contributed by atoms with van der Waals surface area (Å²) in [4.78, 5) is 0. The van der Waals surface area contributed by atoms with Crippen LogP contribution in [-0.2, 0) is 42.9 Å². The molecular formula is C53H68Cl2Zr. The maximum atomic E-state index is 2.72. The Bertz CT molecular complexity index is 2020. The van der Waals surface area contributed by atoms with E-state index in [0.29, 0.717) is 9.54 Å². The molecular weight excluding hydrogens is 799 g/mol. The van der Waals surface area contributed by atoms with Gasteiger partial charge in [-0.15, -0.1) is 0 Å². The molecule has 0 aromatic heterocycles. The Balaban J connectivity index is 0.00000348. The first-order chi connectivity index (χ1) is 24.9. The average molecular weight is 867 g/mol. The molecule has 0 amide bonds. The van der Waals surface area contributed by atoms with Gasteiger partial charge < -0.3 is 24.8 Å². The van der Waals surface area contributed by atoms with Gasteiger partial charge in [-0.05, 0) is 0 Å². The second-order valence-corrected chi connectivity index (χ2v) is 27.5. The third-order valence-corrected chi connectivity index (χ3v) is 20.4. The molecule has 0 radical (unpaired) electrons. The number of hydrogen-bond donors (Lipinski definition) is 0. The van der Waals surface area contributed by atoms with Crippen LogP contribution in [0.4, 0.5) is 0 Å². The molecule has 0 aliphatic heterocycles. The van der Waals surface area contributed by atoms with Crippen molar-refractivity contribution in [3.63, 3.8) is 0 Å². The van der Waals surface area contributed by atoms with Gasteiger partial charge in [0, 0.05) is 0 Å². The molecule has 298 valence electrons.